The van der Waals surface area contributed by atoms with Crippen LogP contribution in [-0.2, 0) is 0 Å². The van der Waals surface area contributed by atoms with Crippen molar-refractivity contribution in [3.63, 3.8) is 0 Å². The zero-order chi connectivity index (χ0) is 12.7. The summed E-state index contributed by atoms with van der Waals surface area (Å²) in [7, 11) is 0. The maximum Gasteiger partial charge on any atom is 0.0880 e. The van der Waals surface area contributed by atoms with Crippen LogP contribution in [0.2, 0.25) is 0 Å². The predicted molar refractivity (Wildman–Crippen MR) is 69.6 cm³/mol. The molecular weight excluding hydrogens is 212 g/mol. The van der Waals surface area contributed by atoms with Gasteiger partial charge in [-0.3, -0.25) is 0 Å². The topological polar surface area (TPSA) is 40.5 Å². The molecule has 2 aliphatic carbocycles. The summed E-state index contributed by atoms with van der Waals surface area (Å²) in [5.41, 5.74) is 0.920. The Balaban J connectivity index is 2.24. The van der Waals surface area contributed by atoms with Crippen LogP contribution in [0, 0.1) is 17.3 Å². The van der Waals surface area contributed by atoms with Gasteiger partial charge in [0.05, 0.1) is 12.2 Å². The number of hydrogen-bond donors (Lipinski definition) is 2. The van der Waals surface area contributed by atoms with Crippen molar-refractivity contribution in [2.24, 2.45) is 17.3 Å². The quantitative estimate of drug-likeness (QED) is 0.726. The first kappa shape index (κ1) is 13.1. The summed E-state index contributed by atoms with van der Waals surface area (Å²) in [5.74, 6) is 0.890. The largest absolute Gasteiger partial charge is 0.393 e. The maximum atomic E-state index is 10.3. The van der Waals surface area contributed by atoms with Crippen molar-refractivity contribution in [2.45, 2.75) is 58.5 Å². The van der Waals surface area contributed by atoms with Crippen LogP contribution in [0.4, 0.5) is 0 Å². The Bertz CT molecular complexity index is 319. The molecule has 1 fully saturated rings. The average Bonchev–Trinajstić information content (AvgIpc) is 2.30. The van der Waals surface area contributed by atoms with E-state index in [1.807, 2.05) is 0 Å². The van der Waals surface area contributed by atoms with E-state index in [0.717, 1.165) is 12.8 Å². The summed E-state index contributed by atoms with van der Waals surface area (Å²) in [4.78, 5) is 0. The van der Waals surface area contributed by atoms with Gasteiger partial charge in [0.25, 0.3) is 0 Å². The lowest BCUT2D eigenvalue weighted by Crippen LogP contribution is -2.45. The van der Waals surface area contributed by atoms with Crippen molar-refractivity contribution >= 4 is 0 Å². The van der Waals surface area contributed by atoms with E-state index in [0.29, 0.717) is 5.92 Å². The number of rotatable bonds is 2. The zero-order valence-electron chi connectivity index (χ0n) is 11.4. The SMILES string of the molecule is C[C@@H]1CCCC2=CCC([C@](C)(O)CO)C[C@@]21C. The first-order valence-corrected chi connectivity index (χ1v) is 6.93. The van der Waals surface area contributed by atoms with Crippen LogP contribution in [0.3, 0.4) is 0 Å². The number of allylic oxidation sites excluding steroid dienone is 2. The molecule has 4 atom stereocenters. The molecule has 0 aliphatic heterocycles. The van der Waals surface area contributed by atoms with Crippen molar-refractivity contribution in [3.8, 4) is 0 Å². The van der Waals surface area contributed by atoms with E-state index >= 15 is 0 Å². The fraction of sp³-hybridized carbons (Fsp3) is 0.867. The molecule has 0 bridgehead atoms. The molecule has 2 N–H and O–H groups in total. The Hall–Kier alpha value is -0.340. The minimum atomic E-state index is -0.928. The molecule has 2 rings (SSSR count). The molecule has 0 aromatic heterocycles. The number of aliphatic hydroxyl groups excluding tert-OH is 1. The lowest BCUT2D eigenvalue weighted by molar-refractivity contribution is -0.0662. The molecule has 98 valence electrons. The second-order valence-electron chi connectivity index (χ2n) is 6.59. The molecule has 2 nitrogen and oxygen atoms in total. The second-order valence-corrected chi connectivity index (χ2v) is 6.59. The van der Waals surface area contributed by atoms with Crippen molar-refractivity contribution in [1.29, 1.82) is 0 Å². The lowest BCUT2D eigenvalue weighted by Gasteiger charge is -2.49. The minimum absolute atomic E-state index is 0.134. The molecular formula is C15H26O2. The van der Waals surface area contributed by atoms with Gasteiger partial charge in [0.15, 0.2) is 0 Å². The Morgan fingerprint density at radius 3 is 2.88 bits per heavy atom. The van der Waals surface area contributed by atoms with Gasteiger partial charge in [0.2, 0.25) is 0 Å². The molecule has 1 saturated carbocycles. The van der Waals surface area contributed by atoms with E-state index < -0.39 is 5.60 Å². The molecule has 0 aromatic rings. The first-order valence-electron chi connectivity index (χ1n) is 6.93. The Kier molecular flexibility index (Phi) is 3.39. The second kappa shape index (κ2) is 4.40. The van der Waals surface area contributed by atoms with Gasteiger partial charge in [0, 0.05) is 0 Å². The van der Waals surface area contributed by atoms with E-state index in [1.165, 1.54) is 19.3 Å². The van der Waals surface area contributed by atoms with Crippen molar-refractivity contribution in [1.82, 2.24) is 0 Å². The van der Waals surface area contributed by atoms with Crippen LogP contribution in [0.15, 0.2) is 11.6 Å². The highest BCUT2D eigenvalue weighted by Gasteiger charge is 2.45. The highest BCUT2D eigenvalue weighted by atomic mass is 16.3. The summed E-state index contributed by atoms with van der Waals surface area (Å²) in [6.45, 7) is 6.32. The fourth-order valence-electron chi connectivity index (χ4n) is 3.67. The van der Waals surface area contributed by atoms with Gasteiger partial charge in [0.1, 0.15) is 0 Å². The third-order valence-corrected chi connectivity index (χ3v) is 5.42. The summed E-state index contributed by atoms with van der Waals surface area (Å²) >= 11 is 0. The van der Waals surface area contributed by atoms with Crippen LogP contribution >= 0.6 is 0 Å². The van der Waals surface area contributed by atoms with E-state index in [-0.39, 0.29) is 17.9 Å². The van der Waals surface area contributed by atoms with E-state index in [4.69, 9.17) is 0 Å². The average molecular weight is 238 g/mol. The van der Waals surface area contributed by atoms with Crippen molar-refractivity contribution in [2.75, 3.05) is 6.61 Å². The smallest absolute Gasteiger partial charge is 0.0880 e. The maximum absolute atomic E-state index is 10.3. The first-order chi connectivity index (χ1) is 7.90. The summed E-state index contributed by atoms with van der Waals surface area (Å²) in [5, 5.41) is 19.6. The standard InChI is InChI=1S/C15H26O2/c1-11-5-4-6-12-7-8-13(9-14(11,12)2)15(3,17)10-16/h7,11,13,16-17H,4-6,8-10H2,1-3H3/t11-,13?,14-,15-/m1/s1. The minimum Gasteiger partial charge on any atom is -0.393 e. The third-order valence-electron chi connectivity index (χ3n) is 5.42. The van der Waals surface area contributed by atoms with E-state index in [9.17, 15) is 10.2 Å². The third kappa shape index (κ3) is 2.17. The highest BCUT2D eigenvalue weighted by Crippen LogP contribution is 2.53. The zero-order valence-corrected chi connectivity index (χ0v) is 11.4. The monoisotopic (exact) mass is 238 g/mol. The summed E-state index contributed by atoms with van der Waals surface area (Å²) in [6.07, 6.45) is 8.12. The summed E-state index contributed by atoms with van der Waals surface area (Å²) in [6, 6.07) is 0. The molecule has 17 heavy (non-hydrogen) atoms. The number of hydrogen-bond acceptors (Lipinski definition) is 2. The number of aliphatic hydroxyl groups is 2. The molecule has 2 heteroatoms. The highest BCUT2D eigenvalue weighted by molar-refractivity contribution is 5.22. The van der Waals surface area contributed by atoms with Gasteiger partial charge in [-0.05, 0) is 56.3 Å². The van der Waals surface area contributed by atoms with Gasteiger partial charge in [-0.15, -0.1) is 0 Å². The van der Waals surface area contributed by atoms with Crippen LogP contribution in [-0.4, -0.2) is 22.4 Å². The van der Waals surface area contributed by atoms with Gasteiger partial charge in [-0.2, -0.15) is 0 Å². The normalized spacial score (nSPS) is 41.4. The lowest BCUT2D eigenvalue weighted by atomic mass is 9.57. The van der Waals surface area contributed by atoms with E-state index in [2.05, 4.69) is 19.9 Å². The molecule has 2 aliphatic rings. The van der Waals surface area contributed by atoms with Gasteiger partial charge >= 0.3 is 0 Å². The molecule has 0 radical (unpaired) electrons. The van der Waals surface area contributed by atoms with Gasteiger partial charge < -0.3 is 10.2 Å². The Labute approximate surface area is 105 Å². The van der Waals surface area contributed by atoms with Crippen LogP contribution < -0.4 is 0 Å². The molecule has 0 amide bonds. The number of fused-ring (bicyclic) bond motifs is 1. The fourth-order valence-corrected chi connectivity index (χ4v) is 3.67. The molecule has 0 spiro atoms. The van der Waals surface area contributed by atoms with Gasteiger partial charge in [-0.25, -0.2) is 0 Å². The Morgan fingerprint density at radius 2 is 2.24 bits per heavy atom. The Morgan fingerprint density at radius 1 is 1.53 bits per heavy atom. The van der Waals surface area contributed by atoms with Crippen LogP contribution in [0.25, 0.3) is 0 Å². The summed E-state index contributed by atoms with van der Waals surface area (Å²) < 4.78 is 0. The van der Waals surface area contributed by atoms with Crippen molar-refractivity contribution in [3.05, 3.63) is 11.6 Å². The molecule has 1 unspecified atom stereocenters. The van der Waals surface area contributed by atoms with Crippen molar-refractivity contribution < 1.29 is 10.2 Å². The predicted octanol–water partition coefficient (Wildman–Crippen LogP) is 2.89. The van der Waals surface area contributed by atoms with Gasteiger partial charge in [-0.1, -0.05) is 25.5 Å². The molecule has 0 heterocycles. The molecule has 0 saturated heterocycles. The van der Waals surface area contributed by atoms with Crippen LogP contribution in [0.5, 0.6) is 0 Å². The van der Waals surface area contributed by atoms with Crippen LogP contribution in [0.1, 0.15) is 52.9 Å². The molecule has 0 aromatic carbocycles. The van der Waals surface area contributed by atoms with E-state index in [1.54, 1.807) is 12.5 Å².